The molecular formula is C15H21N3O3. The molecule has 6 nitrogen and oxygen atoms in total. The summed E-state index contributed by atoms with van der Waals surface area (Å²) >= 11 is 0. The zero-order chi connectivity index (χ0) is 15.2. The molecule has 1 aliphatic heterocycles. The minimum Gasteiger partial charge on any atom is -0.453 e. The summed E-state index contributed by atoms with van der Waals surface area (Å²) in [5, 5.41) is 6.06. The van der Waals surface area contributed by atoms with Crippen molar-refractivity contribution in [3.8, 4) is 0 Å². The molecule has 0 bridgehead atoms. The van der Waals surface area contributed by atoms with Crippen LogP contribution in [-0.4, -0.2) is 43.1 Å². The second-order valence-corrected chi connectivity index (χ2v) is 5.12. The van der Waals surface area contributed by atoms with Crippen LogP contribution in [0, 0.1) is 0 Å². The zero-order valence-corrected chi connectivity index (χ0v) is 12.4. The lowest BCUT2D eigenvalue weighted by Gasteiger charge is -2.32. The quantitative estimate of drug-likeness (QED) is 0.896. The first-order chi connectivity index (χ1) is 10.1. The Kier molecular flexibility index (Phi) is 5.03. The molecular weight excluding hydrogens is 270 g/mol. The number of hydrogen-bond donors (Lipinski definition) is 2. The number of rotatable bonds is 3. The maximum atomic E-state index is 11.3. The fraction of sp³-hybridized carbons (Fsp3) is 0.467. The van der Waals surface area contributed by atoms with Crippen LogP contribution in [0.5, 0.6) is 0 Å². The number of anilines is 2. The number of likely N-dealkylation sites (tertiary alicyclic amines) is 1. The highest BCUT2D eigenvalue weighted by Crippen LogP contribution is 2.19. The molecule has 0 spiro atoms. The molecule has 6 heteroatoms. The summed E-state index contributed by atoms with van der Waals surface area (Å²) in [6.45, 7) is 3.21. The predicted molar refractivity (Wildman–Crippen MR) is 81.4 cm³/mol. The Bertz CT molecular complexity index is 493. The van der Waals surface area contributed by atoms with Crippen LogP contribution in [0.4, 0.5) is 16.2 Å². The summed E-state index contributed by atoms with van der Waals surface area (Å²) in [6, 6.07) is 7.86. The minimum atomic E-state index is -0.479. The summed E-state index contributed by atoms with van der Waals surface area (Å²) in [4.78, 5) is 24.2. The molecule has 1 aliphatic rings. The summed E-state index contributed by atoms with van der Waals surface area (Å²) in [5.41, 5.74) is 1.70. The van der Waals surface area contributed by atoms with Crippen molar-refractivity contribution in [2.45, 2.75) is 25.8 Å². The molecule has 0 radical (unpaired) electrons. The molecule has 1 fully saturated rings. The Morgan fingerprint density at radius 3 is 2.24 bits per heavy atom. The van der Waals surface area contributed by atoms with Gasteiger partial charge in [-0.3, -0.25) is 10.1 Å². The van der Waals surface area contributed by atoms with Gasteiger partial charge in [-0.2, -0.15) is 0 Å². The van der Waals surface area contributed by atoms with Crippen LogP contribution >= 0.6 is 0 Å². The van der Waals surface area contributed by atoms with Gasteiger partial charge in [0.25, 0.3) is 0 Å². The summed E-state index contributed by atoms with van der Waals surface area (Å²) < 4.78 is 4.54. The van der Waals surface area contributed by atoms with Crippen molar-refractivity contribution < 1.29 is 14.3 Å². The average molecular weight is 291 g/mol. The Labute approximate surface area is 124 Å². The number of nitrogens with zero attached hydrogens (tertiary/aromatic N) is 1. The van der Waals surface area contributed by atoms with Crippen LogP contribution in [0.2, 0.25) is 0 Å². The van der Waals surface area contributed by atoms with Gasteiger partial charge >= 0.3 is 6.09 Å². The monoisotopic (exact) mass is 291 g/mol. The molecule has 0 unspecified atom stereocenters. The van der Waals surface area contributed by atoms with E-state index in [4.69, 9.17) is 0 Å². The molecule has 1 saturated heterocycles. The van der Waals surface area contributed by atoms with Gasteiger partial charge in [0.05, 0.1) is 7.11 Å². The first-order valence-corrected chi connectivity index (χ1v) is 7.05. The summed E-state index contributed by atoms with van der Waals surface area (Å²) in [6.07, 6.45) is 1.41. The van der Waals surface area contributed by atoms with Gasteiger partial charge < -0.3 is 15.0 Å². The van der Waals surface area contributed by atoms with E-state index in [1.165, 1.54) is 7.11 Å². The van der Waals surface area contributed by atoms with E-state index in [1.54, 1.807) is 6.92 Å². The second-order valence-electron chi connectivity index (χ2n) is 5.12. The SMILES string of the molecule is COC(=O)Nc1ccc(NC2CCN(C(C)=O)CC2)cc1. The van der Waals surface area contributed by atoms with Crippen LogP contribution in [0.3, 0.4) is 0 Å². The van der Waals surface area contributed by atoms with Gasteiger partial charge in [-0.05, 0) is 37.1 Å². The third kappa shape index (κ3) is 4.37. The standard InChI is InChI=1S/C15H21N3O3/c1-11(19)18-9-7-14(8-10-18)16-12-3-5-13(6-4-12)17-15(20)21-2/h3-6,14,16H,7-10H2,1-2H3,(H,17,20). The Balaban J connectivity index is 1.84. The minimum absolute atomic E-state index is 0.145. The highest BCUT2D eigenvalue weighted by atomic mass is 16.5. The highest BCUT2D eigenvalue weighted by molar-refractivity contribution is 5.84. The maximum Gasteiger partial charge on any atom is 0.411 e. The van der Waals surface area contributed by atoms with Gasteiger partial charge in [0.15, 0.2) is 0 Å². The number of hydrogen-bond acceptors (Lipinski definition) is 4. The van der Waals surface area contributed by atoms with Gasteiger partial charge in [0.1, 0.15) is 0 Å². The molecule has 1 aromatic carbocycles. The van der Waals surface area contributed by atoms with Gasteiger partial charge in [-0.25, -0.2) is 4.79 Å². The molecule has 0 atom stereocenters. The third-order valence-electron chi connectivity index (χ3n) is 3.63. The molecule has 0 aliphatic carbocycles. The van der Waals surface area contributed by atoms with Crippen molar-refractivity contribution in [3.05, 3.63) is 24.3 Å². The van der Waals surface area contributed by atoms with Crippen molar-refractivity contribution in [3.63, 3.8) is 0 Å². The van der Waals surface area contributed by atoms with E-state index in [1.807, 2.05) is 29.2 Å². The molecule has 1 aromatic rings. The molecule has 0 aromatic heterocycles. The maximum absolute atomic E-state index is 11.3. The van der Waals surface area contributed by atoms with E-state index in [0.29, 0.717) is 11.7 Å². The number of methoxy groups -OCH3 is 1. The first kappa shape index (κ1) is 15.2. The van der Waals surface area contributed by atoms with Crippen molar-refractivity contribution in [2.75, 3.05) is 30.8 Å². The van der Waals surface area contributed by atoms with E-state index in [2.05, 4.69) is 15.4 Å². The highest BCUT2D eigenvalue weighted by Gasteiger charge is 2.20. The normalized spacial score (nSPS) is 15.4. The fourth-order valence-corrected chi connectivity index (χ4v) is 2.39. The van der Waals surface area contributed by atoms with E-state index in [0.717, 1.165) is 31.6 Å². The number of carbonyl (C=O) groups is 2. The predicted octanol–water partition coefficient (Wildman–Crippen LogP) is 2.29. The van der Waals surface area contributed by atoms with Gasteiger partial charge in [0.2, 0.25) is 5.91 Å². The fourth-order valence-electron chi connectivity index (χ4n) is 2.39. The van der Waals surface area contributed by atoms with E-state index < -0.39 is 6.09 Å². The second kappa shape index (κ2) is 6.97. The number of benzene rings is 1. The topological polar surface area (TPSA) is 70.7 Å². The van der Waals surface area contributed by atoms with Crippen LogP contribution < -0.4 is 10.6 Å². The Morgan fingerprint density at radius 1 is 1.14 bits per heavy atom. The van der Waals surface area contributed by atoms with E-state index in [9.17, 15) is 9.59 Å². The van der Waals surface area contributed by atoms with Gasteiger partial charge in [-0.15, -0.1) is 0 Å². The molecule has 2 rings (SSSR count). The molecule has 2 N–H and O–H groups in total. The number of carbonyl (C=O) groups excluding carboxylic acids is 2. The number of piperidine rings is 1. The number of amides is 2. The van der Waals surface area contributed by atoms with Crippen LogP contribution in [-0.2, 0) is 9.53 Å². The van der Waals surface area contributed by atoms with E-state index >= 15 is 0 Å². The Morgan fingerprint density at radius 2 is 1.71 bits per heavy atom. The van der Waals surface area contributed by atoms with Gasteiger partial charge in [-0.1, -0.05) is 0 Å². The summed E-state index contributed by atoms with van der Waals surface area (Å²) in [7, 11) is 1.33. The lowest BCUT2D eigenvalue weighted by atomic mass is 10.0. The van der Waals surface area contributed by atoms with Crippen LogP contribution in [0.1, 0.15) is 19.8 Å². The lowest BCUT2D eigenvalue weighted by molar-refractivity contribution is -0.129. The molecule has 114 valence electrons. The van der Waals surface area contributed by atoms with Crippen molar-refractivity contribution in [1.29, 1.82) is 0 Å². The van der Waals surface area contributed by atoms with E-state index in [-0.39, 0.29) is 5.91 Å². The first-order valence-electron chi connectivity index (χ1n) is 7.05. The zero-order valence-electron chi connectivity index (χ0n) is 12.4. The average Bonchev–Trinajstić information content (AvgIpc) is 2.49. The summed E-state index contributed by atoms with van der Waals surface area (Å²) in [5.74, 6) is 0.145. The molecule has 1 heterocycles. The van der Waals surface area contributed by atoms with Crippen molar-refractivity contribution in [2.24, 2.45) is 0 Å². The molecule has 2 amide bonds. The van der Waals surface area contributed by atoms with Crippen LogP contribution in [0.25, 0.3) is 0 Å². The Hall–Kier alpha value is -2.24. The smallest absolute Gasteiger partial charge is 0.411 e. The molecule has 21 heavy (non-hydrogen) atoms. The van der Waals surface area contributed by atoms with Crippen molar-refractivity contribution >= 4 is 23.4 Å². The largest absolute Gasteiger partial charge is 0.453 e. The molecule has 0 saturated carbocycles. The van der Waals surface area contributed by atoms with Crippen LogP contribution in [0.15, 0.2) is 24.3 Å². The van der Waals surface area contributed by atoms with Gasteiger partial charge in [0, 0.05) is 37.4 Å². The number of nitrogens with one attached hydrogen (secondary N) is 2. The lowest BCUT2D eigenvalue weighted by Crippen LogP contribution is -2.41. The number of ether oxygens (including phenoxy) is 1. The third-order valence-corrected chi connectivity index (χ3v) is 3.63. The van der Waals surface area contributed by atoms with Crippen molar-refractivity contribution in [1.82, 2.24) is 4.90 Å².